The van der Waals surface area contributed by atoms with Crippen LogP contribution < -0.4 is 14.4 Å². The van der Waals surface area contributed by atoms with Crippen LogP contribution in [0.4, 0.5) is 14.5 Å². The van der Waals surface area contributed by atoms with Crippen molar-refractivity contribution >= 4 is 39.1 Å². The maximum absolute atomic E-state index is 14.1. The van der Waals surface area contributed by atoms with Crippen LogP contribution in [0.15, 0.2) is 71.6 Å². The van der Waals surface area contributed by atoms with Gasteiger partial charge in [-0.15, -0.1) is 0 Å². The van der Waals surface area contributed by atoms with Gasteiger partial charge in [0.25, 0.3) is 15.9 Å². The number of hydrogen-bond acceptors (Lipinski definition) is 8. The van der Waals surface area contributed by atoms with E-state index in [-0.39, 0.29) is 30.0 Å². The molecule has 7 rings (SSSR count). The van der Waals surface area contributed by atoms with Crippen molar-refractivity contribution < 1.29 is 41.4 Å². The van der Waals surface area contributed by atoms with E-state index in [1.165, 1.54) is 23.6 Å². The first-order valence-corrected chi connectivity index (χ1v) is 20.1. The summed E-state index contributed by atoms with van der Waals surface area (Å²) in [5, 5.41) is 13.0. The normalized spacial score (nSPS) is 27.9. The van der Waals surface area contributed by atoms with Crippen LogP contribution in [-0.4, -0.2) is 76.7 Å². The number of amides is 2. The van der Waals surface area contributed by atoms with Gasteiger partial charge in [-0.2, -0.15) is 0 Å². The summed E-state index contributed by atoms with van der Waals surface area (Å²) in [5.41, 5.74) is -0.240. The molecule has 2 N–H and O–H groups in total. The molecule has 288 valence electrons. The Hall–Kier alpha value is -4.04. The van der Waals surface area contributed by atoms with Crippen molar-refractivity contribution in [2.24, 2.45) is 11.8 Å². The quantitative estimate of drug-likeness (QED) is 0.327. The van der Waals surface area contributed by atoms with E-state index in [1.807, 2.05) is 29.0 Å². The van der Waals surface area contributed by atoms with Gasteiger partial charge in [0, 0.05) is 44.2 Å². The number of ether oxygens (including phenoxy) is 2. The van der Waals surface area contributed by atoms with Gasteiger partial charge in [0.2, 0.25) is 5.91 Å². The molecule has 2 amide bonds. The van der Waals surface area contributed by atoms with Crippen LogP contribution in [0.2, 0.25) is 5.02 Å². The maximum Gasteiger partial charge on any atom is 0.270 e. The molecule has 14 heteroatoms. The minimum atomic E-state index is -4.82. The van der Waals surface area contributed by atoms with E-state index >= 15 is 0 Å². The van der Waals surface area contributed by atoms with E-state index in [0.717, 1.165) is 43.7 Å². The molecule has 3 aromatic carbocycles. The van der Waals surface area contributed by atoms with Crippen LogP contribution in [-0.2, 0) is 41.8 Å². The summed E-state index contributed by atoms with van der Waals surface area (Å²) in [5.74, 6) is -3.78. The van der Waals surface area contributed by atoms with E-state index in [2.05, 4.69) is 11.0 Å². The molecule has 5 atom stereocenters. The van der Waals surface area contributed by atoms with E-state index in [4.69, 9.17) is 21.1 Å². The third kappa shape index (κ3) is 7.23. The molecule has 0 unspecified atom stereocenters. The number of halogens is 3. The first-order chi connectivity index (χ1) is 25.7. The number of methoxy groups -OCH3 is 1. The van der Waals surface area contributed by atoms with Crippen molar-refractivity contribution in [3.63, 3.8) is 0 Å². The maximum atomic E-state index is 14.1. The number of sulfonamides is 1. The fraction of sp³-hybridized carbons (Fsp3) is 0.450. The Bertz CT molecular complexity index is 2100. The molecule has 4 aliphatic rings. The molecule has 2 bridgehead atoms. The lowest BCUT2D eigenvalue weighted by Gasteiger charge is -2.46. The fourth-order valence-corrected chi connectivity index (χ4v) is 9.74. The number of carbonyl (C=O) groups is 2. The van der Waals surface area contributed by atoms with Gasteiger partial charge in [-0.1, -0.05) is 35.9 Å². The minimum Gasteiger partial charge on any atom is -0.490 e. The summed E-state index contributed by atoms with van der Waals surface area (Å²) in [6.45, 7) is 1.78. The highest BCUT2D eigenvalue weighted by atomic mass is 35.5. The first kappa shape index (κ1) is 38.2. The minimum absolute atomic E-state index is 0.0340. The van der Waals surface area contributed by atoms with Gasteiger partial charge in [0.15, 0.2) is 17.2 Å². The van der Waals surface area contributed by atoms with Gasteiger partial charge in [0.05, 0.1) is 29.7 Å². The number of nitrogens with zero attached hydrogens (tertiary/aromatic N) is 2. The lowest BCUT2D eigenvalue weighted by molar-refractivity contribution is -0.148. The number of fused-ring (bicyclic) bond motifs is 4. The molecule has 10 nitrogen and oxygen atoms in total. The number of hydrogen-bond donors (Lipinski definition) is 2. The second-order valence-electron chi connectivity index (χ2n) is 15.1. The van der Waals surface area contributed by atoms with Gasteiger partial charge >= 0.3 is 0 Å². The summed E-state index contributed by atoms with van der Waals surface area (Å²) >= 11 is 6.44. The van der Waals surface area contributed by atoms with Gasteiger partial charge in [-0.05, 0) is 110 Å². The molecule has 2 aliphatic carbocycles. The Labute approximate surface area is 319 Å². The molecule has 1 fully saturated rings. The van der Waals surface area contributed by atoms with Crippen LogP contribution in [0.25, 0.3) is 0 Å². The largest absolute Gasteiger partial charge is 0.490 e. The average Bonchev–Trinajstić information content (AvgIpc) is 3.28. The van der Waals surface area contributed by atoms with Crippen molar-refractivity contribution in [1.82, 2.24) is 9.62 Å². The van der Waals surface area contributed by atoms with Crippen molar-refractivity contribution in [3.05, 3.63) is 100 Å². The molecule has 0 radical (unpaired) electrons. The molecule has 3 aromatic rings. The SMILES string of the molecule is CO[C@H]1/C=C/CCN(C)C(=O)C[C@](O)(C(=O)NS(=O)(=O)c2ccc(F)c(F)c2)c2ccc3c(c2)N(C[C@@H]2CC[C@H]21)C[C@@]1(CCCc2cc(Cl)ccc21)CO3. The Morgan fingerprint density at radius 3 is 2.65 bits per heavy atom. The van der Waals surface area contributed by atoms with Gasteiger partial charge in [-0.3, -0.25) is 9.59 Å². The van der Waals surface area contributed by atoms with E-state index in [0.29, 0.717) is 54.7 Å². The molecule has 0 saturated heterocycles. The topological polar surface area (TPSA) is 125 Å². The summed E-state index contributed by atoms with van der Waals surface area (Å²) in [4.78, 5) is 30.7. The smallest absolute Gasteiger partial charge is 0.270 e. The van der Waals surface area contributed by atoms with E-state index < -0.39 is 55.8 Å². The predicted molar refractivity (Wildman–Crippen MR) is 199 cm³/mol. The van der Waals surface area contributed by atoms with Crippen LogP contribution in [0.1, 0.15) is 55.2 Å². The zero-order valence-electron chi connectivity index (χ0n) is 30.2. The highest BCUT2D eigenvalue weighted by Crippen LogP contribution is 2.48. The summed E-state index contributed by atoms with van der Waals surface area (Å²) in [6, 6.07) is 12.6. The second-order valence-corrected chi connectivity index (χ2v) is 17.2. The number of aryl methyl sites for hydroxylation is 1. The van der Waals surface area contributed by atoms with Crippen molar-refractivity contribution in [1.29, 1.82) is 0 Å². The molecule has 2 heterocycles. The molecule has 1 saturated carbocycles. The number of rotatable bonds is 4. The number of aliphatic hydroxyl groups is 1. The van der Waals surface area contributed by atoms with Crippen molar-refractivity contribution in [3.8, 4) is 5.75 Å². The Kier molecular flexibility index (Phi) is 10.5. The zero-order chi connectivity index (χ0) is 38.4. The number of anilines is 1. The van der Waals surface area contributed by atoms with Gasteiger partial charge in [-0.25, -0.2) is 21.9 Å². The fourth-order valence-electron chi connectivity index (χ4n) is 8.50. The molecular formula is C40H44ClF2N3O7S. The Morgan fingerprint density at radius 2 is 1.91 bits per heavy atom. The summed E-state index contributed by atoms with van der Waals surface area (Å²) < 4.78 is 68.8. The molecule has 54 heavy (non-hydrogen) atoms. The van der Waals surface area contributed by atoms with Crippen molar-refractivity contribution in [2.75, 3.05) is 45.3 Å². The van der Waals surface area contributed by atoms with E-state index in [1.54, 1.807) is 19.2 Å². The zero-order valence-corrected chi connectivity index (χ0v) is 31.8. The van der Waals surface area contributed by atoms with Crippen molar-refractivity contribution in [2.45, 2.75) is 67.0 Å². The van der Waals surface area contributed by atoms with Crippen LogP contribution in [0.3, 0.4) is 0 Å². The molecule has 2 aliphatic heterocycles. The Balaban J connectivity index is 1.33. The number of carbonyl (C=O) groups excluding carboxylic acids is 2. The highest BCUT2D eigenvalue weighted by Gasteiger charge is 2.47. The predicted octanol–water partition coefficient (Wildman–Crippen LogP) is 5.63. The first-order valence-electron chi connectivity index (χ1n) is 18.2. The van der Waals surface area contributed by atoms with Crippen LogP contribution in [0.5, 0.6) is 5.75 Å². The third-order valence-corrected chi connectivity index (χ3v) is 13.3. The average molecular weight is 784 g/mol. The van der Waals surface area contributed by atoms with Gasteiger partial charge in [0.1, 0.15) is 5.75 Å². The molecule has 1 spiro atoms. The molecule has 0 aromatic heterocycles. The lowest BCUT2D eigenvalue weighted by atomic mass is 9.68. The molecular weight excluding hydrogens is 740 g/mol. The standard InChI is InChI=1S/C40H44ClF2N3O7S/c1-45-17-4-3-7-35(52-2)30-12-8-26(30)22-46-23-39(16-5-6-25-18-28(41)10-13-31(25)39)24-53-36-15-9-27(19-34(36)46)40(49,21-37(45)47)38(48)44-54(50,51)29-11-14-32(42)33(43)20-29/h3,7,9-11,13-15,18-20,26,30,35,49H,4-6,8,12,16-17,21-24H2,1-2H3,(H,44,48)/b7-3+/t26-,30+,35-,39-,40+/m0/s1. The lowest BCUT2D eigenvalue weighted by Crippen LogP contribution is -2.50. The second kappa shape index (κ2) is 14.9. The monoisotopic (exact) mass is 783 g/mol. The Morgan fingerprint density at radius 1 is 1.09 bits per heavy atom. The highest BCUT2D eigenvalue weighted by molar-refractivity contribution is 7.90. The van der Waals surface area contributed by atoms with Crippen LogP contribution in [0, 0.1) is 23.5 Å². The van der Waals surface area contributed by atoms with Gasteiger partial charge < -0.3 is 24.4 Å². The van der Waals surface area contributed by atoms with E-state index in [9.17, 15) is 31.9 Å². The third-order valence-electron chi connectivity index (χ3n) is 11.7. The number of nitrogens with one attached hydrogen (secondary N) is 1. The summed E-state index contributed by atoms with van der Waals surface area (Å²) in [6.07, 6.45) is 8.15. The number of benzene rings is 3. The summed E-state index contributed by atoms with van der Waals surface area (Å²) in [7, 11) is -1.58. The van der Waals surface area contributed by atoms with Crippen LogP contribution >= 0.6 is 11.6 Å².